The molecule has 3 rings (SSSR count). The lowest BCUT2D eigenvalue weighted by molar-refractivity contribution is -0.0643. The number of aliphatic hydroxyl groups excluding tert-OH is 1. The molecule has 0 aliphatic carbocycles. The molecule has 0 radical (unpaired) electrons. The first kappa shape index (κ1) is 20.6. The smallest absolute Gasteiger partial charge is 0.131 e. The second kappa shape index (κ2) is 8.30. The Balaban J connectivity index is 0.00000243. The van der Waals surface area contributed by atoms with Crippen LogP contribution < -0.4 is 15.0 Å². The molecular weight excluding hydrogens is 348 g/mol. The first-order chi connectivity index (χ1) is 11.9. The normalized spacial score (nSPS) is 20.5. The van der Waals surface area contributed by atoms with E-state index in [2.05, 4.69) is 52.7 Å². The van der Waals surface area contributed by atoms with E-state index in [-0.39, 0.29) is 18.4 Å². The Bertz CT molecular complexity index is 719. The second-order valence-corrected chi connectivity index (χ2v) is 7.43. The van der Waals surface area contributed by atoms with E-state index in [9.17, 15) is 5.11 Å². The standard InChI is InChI=1S/C21H28N2O2.ClH/c1-21(2)20(24)19(22-13-12-15-8-6-5-7-9-15)17-11-10-16(23(3)4)14-18(17)25-21;/h5-11,14,19-20,22,24H,12-13H2,1-4H3;1H/t19-,20?;/m0./s1. The van der Waals surface area contributed by atoms with E-state index in [1.54, 1.807) is 0 Å². The zero-order valence-corrected chi connectivity index (χ0v) is 16.7. The Morgan fingerprint density at radius 1 is 1.12 bits per heavy atom. The third-order valence-corrected chi connectivity index (χ3v) is 4.87. The van der Waals surface area contributed by atoms with Crippen molar-refractivity contribution in [1.82, 2.24) is 5.32 Å². The minimum atomic E-state index is -0.637. The molecule has 0 saturated carbocycles. The summed E-state index contributed by atoms with van der Waals surface area (Å²) in [5, 5.41) is 14.4. The van der Waals surface area contributed by atoms with E-state index in [4.69, 9.17) is 4.74 Å². The van der Waals surface area contributed by atoms with Crippen LogP contribution in [0.15, 0.2) is 48.5 Å². The molecule has 2 N–H and O–H groups in total. The van der Waals surface area contributed by atoms with Crippen LogP contribution in [-0.2, 0) is 6.42 Å². The fourth-order valence-corrected chi connectivity index (χ4v) is 3.30. The Kier molecular flexibility index (Phi) is 6.56. The molecule has 4 nitrogen and oxygen atoms in total. The van der Waals surface area contributed by atoms with Crippen LogP contribution in [0.3, 0.4) is 0 Å². The highest BCUT2D eigenvalue weighted by molar-refractivity contribution is 5.85. The molecule has 26 heavy (non-hydrogen) atoms. The molecule has 0 fully saturated rings. The fraction of sp³-hybridized carbons (Fsp3) is 0.429. The van der Waals surface area contributed by atoms with Gasteiger partial charge in [-0.05, 0) is 38.4 Å². The highest BCUT2D eigenvalue weighted by atomic mass is 35.5. The molecule has 1 unspecified atom stereocenters. The average Bonchev–Trinajstić information content (AvgIpc) is 2.58. The lowest BCUT2D eigenvalue weighted by Crippen LogP contribution is -2.52. The molecule has 0 saturated heterocycles. The van der Waals surface area contributed by atoms with Crippen LogP contribution in [0.5, 0.6) is 5.75 Å². The van der Waals surface area contributed by atoms with Crippen molar-refractivity contribution in [3.05, 3.63) is 59.7 Å². The summed E-state index contributed by atoms with van der Waals surface area (Å²) in [7, 11) is 4.03. The van der Waals surface area contributed by atoms with Gasteiger partial charge in [-0.25, -0.2) is 0 Å². The van der Waals surface area contributed by atoms with Gasteiger partial charge in [-0.2, -0.15) is 0 Å². The average molecular weight is 377 g/mol. The predicted octanol–water partition coefficient (Wildman–Crippen LogP) is 3.58. The maximum atomic E-state index is 10.8. The van der Waals surface area contributed by atoms with Crippen LogP contribution in [0.4, 0.5) is 5.69 Å². The van der Waals surface area contributed by atoms with Crippen molar-refractivity contribution in [2.24, 2.45) is 0 Å². The largest absolute Gasteiger partial charge is 0.485 e. The van der Waals surface area contributed by atoms with Crippen molar-refractivity contribution < 1.29 is 9.84 Å². The minimum Gasteiger partial charge on any atom is -0.485 e. The van der Waals surface area contributed by atoms with Crippen molar-refractivity contribution in [2.75, 3.05) is 25.5 Å². The van der Waals surface area contributed by atoms with Gasteiger partial charge < -0.3 is 20.1 Å². The molecule has 142 valence electrons. The Morgan fingerprint density at radius 3 is 2.46 bits per heavy atom. The van der Waals surface area contributed by atoms with Crippen LogP contribution >= 0.6 is 12.4 Å². The number of aliphatic hydroxyl groups is 1. The van der Waals surface area contributed by atoms with Gasteiger partial charge in [0.25, 0.3) is 0 Å². The van der Waals surface area contributed by atoms with Gasteiger partial charge in [-0.3, -0.25) is 0 Å². The summed E-state index contributed by atoms with van der Waals surface area (Å²) in [5.41, 5.74) is 2.76. The highest BCUT2D eigenvalue weighted by Crippen LogP contribution is 2.41. The Morgan fingerprint density at radius 2 is 1.81 bits per heavy atom. The van der Waals surface area contributed by atoms with Crippen molar-refractivity contribution in [2.45, 2.75) is 38.0 Å². The molecule has 2 aromatic carbocycles. The summed E-state index contributed by atoms with van der Waals surface area (Å²) in [4.78, 5) is 2.06. The molecule has 0 spiro atoms. The molecule has 2 atom stereocenters. The first-order valence-electron chi connectivity index (χ1n) is 8.84. The van der Waals surface area contributed by atoms with Crippen LogP contribution in [0.25, 0.3) is 0 Å². The summed E-state index contributed by atoms with van der Waals surface area (Å²) >= 11 is 0. The number of nitrogens with one attached hydrogen (secondary N) is 1. The molecule has 1 aliphatic heterocycles. The van der Waals surface area contributed by atoms with Crippen molar-refractivity contribution in [1.29, 1.82) is 0 Å². The molecule has 2 aromatic rings. The molecule has 0 amide bonds. The van der Waals surface area contributed by atoms with E-state index < -0.39 is 11.7 Å². The lowest BCUT2D eigenvalue weighted by atomic mass is 9.86. The van der Waals surface area contributed by atoms with Crippen LogP contribution in [0.1, 0.15) is 31.0 Å². The molecular formula is C21H29ClN2O2. The first-order valence-corrected chi connectivity index (χ1v) is 8.84. The summed E-state index contributed by atoms with van der Waals surface area (Å²) in [6.45, 7) is 4.68. The number of halogens is 1. The van der Waals surface area contributed by atoms with Gasteiger partial charge in [-0.1, -0.05) is 36.4 Å². The van der Waals surface area contributed by atoms with Gasteiger partial charge in [0.1, 0.15) is 17.5 Å². The Hall–Kier alpha value is -1.75. The highest BCUT2D eigenvalue weighted by Gasteiger charge is 2.42. The number of hydrogen-bond acceptors (Lipinski definition) is 4. The third kappa shape index (κ3) is 4.32. The maximum Gasteiger partial charge on any atom is 0.131 e. The third-order valence-electron chi connectivity index (χ3n) is 4.87. The number of nitrogens with zero attached hydrogens (tertiary/aromatic N) is 1. The summed E-state index contributed by atoms with van der Waals surface area (Å²) < 4.78 is 6.10. The van der Waals surface area contributed by atoms with Gasteiger partial charge in [0.15, 0.2) is 0 Å². The van der Waals surface area contributed by atoms with E-state index in [0.717, 1.165) is 30.0 Å². The summed E-state index contributed by atoms with van der Waals surface area (Å²) in [5.74, 6) is 0.846. The molecule has 1 heterocycles. The van der Waals surface area contributed by atoms with Gasteiger partial charge >= 0.3 is 0 Å². The molecule has 0 bridgehead atoms. The van der Waals surface area contributed by atoms with E-state index >= 15 is 0 Å². The summed E-state index contributed by atoms with van der Waals surface area (Å²) in [6, 6.07) is 16.4. The van der Waals surface area contributed by atoms with E-state index in [1.165, 1.54) is 5.56 Å². The van der Waals surface area contributed by atoms with Crippen molar-refractivity contribution >= 4 is 18.1 Å². The zero-order valence-electron chi connectivity index (χ0n) is 15.9. The Labute approximate surface area is 162 Å². The number of fused-ring (bicyclic) bond motifs is 1. The van der Waals surface area contributed by atoms with Crippen LogP contribution in [0.2, 0.25) is 0 Å². The quantitative estimate of drug-likeness (QED) is 0.837. The van der Waals surface area contributed by atoms with Gasteiger partial charge in [0.05, 0.1) is 6.04 Å². The number of hydrogen-bond donors (Lipinski definition) is 2. The van der Waals surface area contributed by atoms with Crippen molar-refractivity contribution in [3.8, 4) is 5.75 Å². The van der Waals surface area contributed by atoms with Gasteiger partial charge in [-0.15, -0.1) is 12.4 Å². The molecule has 5 heteroatoms. The van der Waals surface area contributed by atoms with Crippen molar-refractivity contribution in [3.63, 3.8) is 0 Å². The van der Waals surface area contributed by atoms with E-state index in [1.807, 2.05) is 34.0 Å². The minimum absolute atomic E-state index is 0. The number of ether oxygens (including phenoxy) is 1. The fourth-order valence-electron chi connectivity index (χ4n) is 3.30. The number of benzene rings is 2. The number of anilines is 1. The second-order valence-electron chi connectivity index (χ2n) is 7.43. The predicted molar refractivity (Wildman–Crippen MR) is 110 cm³/mol. The van der Waals surface area contributed by atoms with Crippen LogP contribution in [-0.4, -0.2) is 37.5 Å². The van der Waals surface area contributed by atoms with Gasteiger partial charge in [0.2, 0.25) is 0 Å². The molecule has 0 aromatic heterocycles. The SMILES string of the molecule is CN(C)c1ccc2c(c1)OC(C)(C)C(O)[C@H]2NCCc1ccccc1.Cl. The summed E-state index contributed by atoms with van der Waals surface area (Å²) in [6.07, 6.45) is 0.317. The topological polar surface area (TPSA) is 44.7 Å². The zero-order chi connectivity index (χ0) is 18.0. The molecule has 1 aliphatic rings. The monoisotopic (exact) mass is 376 g/mol. The number of rotatable bonds is 5. The van der Waals surface area contributed by atoms with Crippen LogP contribution in [0, 0.1) is 0 Å². The lowest BCUT2D eigenvalue weighted by Gasteiger charge is -2.42. The van der Waals surface area contributed by atoms with E-state index in [0.29, 0.717) is 0 Å². The maximum absolute atomic E-state index is 10.8. The van der Waals surface area contributed by atoms with Gasteiger partial charge in [0, 0.05) is 31.4 Å².